The number of halogens is 1. The van der Waals surface area contributed by atoms with Gasteiger partial charge in [-0.05, 0) is 147 Å². The minimum atomic E-state index is -0.0355. The summed E-state index contributed by atoms with van der Waals surface area (Å²) in [6.45, 7) is 23.5. The Morgan fingerprint density at radius 2 is 1.11 bits per heavy atom. The lowest BCUT2D eigenvalue weighted by molar-refractivity contribution is -0.111. The summed E-state index contributed by atoms with van der Waals surface area (Å²) in [6.07, 6.45) is 4.01. The maximum absolute atomic E-state index is 13.0. The molecule has 0 bridgehead atoms. The lowest BCUT2D eigenvalue weighted by Gasteiger charge is -2.27. The number of phenols is 1. The van der Waals surface area contributed by atoms with Gasteiger partial charge in [0.15, 0.2) is 5.78 Å². The molecule has 4 aromatic carbocycles. The third-order valence-electron chi connectivity index (χ3n) is 10.1. The lowest BCUT2D eigenvalue weighted by atomic mass is 9.94. The Bertz CT molecular complexity index is 2000. The Balaban J connectivity index is 0.000000429. The molecular formula is C50H72ClN7O4. The fourth-order valence-electron chi connectivity index (χ4n) is 7.08. The average Bonchev–Trinajstić information content (AvgIpc) is 3.23. The number of aromatic hydroxyl groups is 1. The summed E-state index contributed by atoms with van der Waals surface area (Å²) < 4.78 is 0. The van der Waals surface area contributed by atoms with Crippen LogP contribution in [0.2, 0.25) is 0 Å². The maximum Gasteiger partial charge on any atom is 0.184 e. The summed E-state index contributed by atoms with van der Waals surface area (Å²) in [7, 11) is 0. The number of aliphatic hydroxyl groups is 2. The van der Waals surface area contributed by atoms with E-state index in [0.29, 0.717) is 54.6 Å². The summed E-state index contributed by atoms with van der Waals surface area (Å²) in [5, 5.41) is 32.9. The third kappa shape index (κ3) is 16.8. The number of anilines is 5. The van der Waals surface area contributed by atoms with Crippen LogP contribution in [0.1, 0.15) is 67.9 Å². The van der Waals surface area contributed by atoms with Gasteiger partial charge in [0.2, 0.25) is 0 Å². The number of hydrogen-bond donors (Lipinski definition) is 6. The molecular weight excluding hydrogens is 798 g/mol. The molecule has 0 amide bonds. The highest BCUT2D eigenvalue weighted by molar-refractivity contribution is 6.22. The fraction of sp³-hybridized carbons (Fsp3) is 0.400. The third-order valence-corrected chi connectivity index (χ3v) is 10.1. The van der Waals surface area contributed by atoms with Gasteiger partial charge in [0.05, 0.1) is 30.3 Å². The Morgan fingerprint density at radius 1 is 0.645 bits per heavy atom. The molecule has 0 spiro atoms. The molecule has 0 heterocycles. The Hall–Kier alpha value is -5.49. The molecule has 0 fully saturated rings. The van der Waals surface area contributed by atoms with Gasteiger partial charge in [-0.1, -0.05) is 18.2 Å². The van der Waals surface area contributed by atoms with Crippen LogP contribution in [0.5, 0.6) is 5.75 Å². The summed E-state index contributed by atoms with van der Waals surface area (Å²) in [5.74, 6) is 0.194. The van der Waals surface area contributed by atoms with Crippen LogP contribution in [0, 0.1) is 0 Å². The van der Waals surface area contributed by atoms with Crippen LogP contribution in [0.25, 0.3) is 0 Å². The first-order valence-corrected chi connectivity index (χ1v) is 21.6. The van der Waals surface area contributed by atoms with Crippen molar-refractivity contribution in [2.24, 2.45) is 4.99 Å². The summed E-state index contributed by atoms with van der Waals surface area (Å²) in [4.78, 5) is 24.9. The zero-order valence-corrected chi connectivity index (χ0v) is 39.1. The first-order chi connectivity index (χ1) is 29.2. The van der Waals surface area contributed by atoms with Gasteiger partial charge < -0.3 is 46.4 Å². The van der Waals surface area contributed by atoms with Gasteiger partial charge >= 0.3 is 0 Å². The van der Waals surface area contributed by atoms with Gasteiger partial charge in [-0.3, -0.25) is 4.79 Å². The highest BCUT2D eigenvalue weighted by Crippen LogP contribution is 2.25. The maximum atomic E-state index is 13.0. The smallest absolute Gasteiger partial charge is 0.184 e. The van der Waals surface area contributed by atoms with Crippen molar-refractivity contribution in [3.8, 4) is 5.75 Å². The summed E-state index contributed by atoms with van der Waals surface area (Å²) >= 11 is 0. The van der Waals surface area contributed by atoms with Gasteiger partial charge in [-0.15, -0.1) is 12.4 Å². The monoisotopic (exact) mass is 870 g/mol. The van der Waals surface area contributed by atoms with E-state index in [1.165, 1.54) is 11.4 Å². The normalized spacial score (nSPS) is 12.7. The number of carbonyl (C=O) groups excluding carboxylic acids is 1. The molecule has 7 N–H and O–H groups in total. The highest BCUT2D eigenvalue weighted by Gasteiger charge is 2.20. The van der Waals surface area contributed by atoms with Crippen LogP contribution < -0.4 is 31.1 Å². The molecule has 0 aromatic heterocycles. The van der Waals surface area contributed by atoms with Crippen LogP contribution >= 0.6 is 12.4 Å². The lowest BCUT2D eigenvalue weighted by Crippen LogP contribution is -2.30. The van der Waals surface area contributed by atoms with Gasteiger partial charge in [-0.25, -0.2) is 4.99 Å². The topological polar surface area (TPSA) is 150 Å². The number of nitrogens with two attached hydrogens (primary N) is 1. The quantitative estimate of drug-likeness (QED) is 0.0422. The van der Waals surface area contributed by atoms with E-state index in [4.69, 9.17) is 20.9 Å². The number of nitrogens with one attached hydrogen (secondary N) is 2. The minimum Gasteiger partial charge on any atom is -0.508 e. The van der Waals surface area contributed by atoms with E-state index in [2.05, 4.69) is 136 Å². The SMILES string of the molecule is CCN(c1ccc(CC2=CC(=Nc3ccc(N(CC)C(C)C)cc3)C(NCCO)=CC2=O)cc1)C(C)C.CCN(c1ccc(N)cc1)C(C)C.Cl.OCCNc1cccc(O)c1. The standard InChI is InChI=1S/C31H42N4O2.C11H18N2.C8H11NO2.ClH/c1-7-34(22(3)4)27-13-9-24(10-14-27)19-25-20-30(29(21-31(25)37)32-17-18-36)33-26-11-15-28(16-12-26)35(8-2)23(5)6;1-4-13(9(2)3)11-7-5-10(12)6-8-11;10-5-4-9-7-2-1-3-8(11)6-7;/h9-16,20-23,32,36H,7-8,17-19H2,1-6H3;5-9H,4,12H2,1-3H3;1-3,6,9-11H,4-5H2;1H. The van der Waals surface area contributed by atoms with E-state index < -0.39 is 0 Å². The molecule has 0 saturated heterocycles. The van der Waals surface area contributed by atoms with E-state index in [0.717, 1.165) is 47.9 Å². The highest BCUT2D eigenvalue weighted by atomic mass is 35.5. The van der Waals surface area contributed by atoms with Crippen molar-refractivity contribution >= 4 is 58.0 Å². The number of aliphatic imine (C=N–C) groups is 1. The van der Waals surface area contributed by atoms with Crippen LogP contribution in [0.4, 0.5) is 34.1 Å². The zero-order chi connectivity index (χ0) is 44.9. The number of hydrogen-bond acceptors (Lipinski definition) is 11. The number of ketones is 1. The molecule has 0 aliphatic heterocycles. The number of rotatable bonds is 18. The molecule has 12 heteroatoms. The van der Waals surface area contributed by atoms with E-state index in [-0.39, 0.29) is 37.2 Å². The molecule has 338 valence electrons. The van der Waals surface area contributed by atoms with Crippen LogP contribution in [0.3, 0.4) is 0 Å². The molecule has 0 atom stereocenters. The predicted octanol–water partition coefficient (Wildman–Crippen LogP) is 9.17. The van der Waals surface area contributed by atoms with Crippen molar-refractivity contribution in [2.45, 2.75) is 86.9 Å². The number of carbonyl (C=O) groups is 1. The molecule has 1 aliphatic rings. The van der Waals surface area contributed by atoms with Gasteiger partial charge in [-0.2, -0.15) is 0 Å². The second-order valence-corrected chi connectivity index (χ2v) is 15.5. The summed E-state index contributed by atoms with van der Waals surface area (Å²) in [6, 6.07) is 32.8. The molecule has 5 rings (SSSR count). The van der Waals surface area contributed by atoms with E-state index in [1.807, 2.05) is 36.4 Å². The first kappa shape index (κ1) is 52.6. The second-order valence-electron chi connectivity index (χ2n) is 15.5. The Morgan fingerprint density at radius 3 is 1.56 bits per heavy atom. The van der Waals surface area contributed by atoms with Gasteiger partial charge in [0.1, 0.15) is 5.75 Å². The Labute approximate surface area is 377 Å². The molecule has 0 saturated carbocycles. The second kappa shape index (κ2) is 27.5. The average molecular weight is 871 g/mol. The minimum absolute atomic E-state index is 0. The summed E-state index contributed by atoms with van der Waals surface area (Å²) in [5.41, 5.74) is 14.8. The largest absolute Gasteiger partial charge is 0.508 e. The van der Waals surface area contributed by atoms with E-state index >= 15 is 0 Å². The molecule has 1 aliphatic carbocycles. The van der Waals surface area contributed by atoms with Gasteiger partial charge in [0, 0.05) is 103 Å². The van der Waals surface area contributed by atoms with E-state index in [9.17, 15) is 9.90 Å². The van der Waals surface area contributed by atoms with Crippen molar-refractivity contribution in [1.82, 2.24) is 5.32 Å². The van der Waals surface area contributed by atoms with Crippen molar-refractivity contribution in [2.75, 3.05) is 71.7 Å². The number of nitrogens with zero attached hydrogens (tertiary/aromatic N) is 4. The first-order valence-electron chi connectivity index (χ1n) is 21.6. The van der Waals surface area contributed by atoms with Crippen molar-refractivity contribution in [3.63, 3.8) is 0 Å². The zero-order valence-electron chi connectivity index (χ0n) is 38.3. The number of phenolic OH excluding ortho intramolecular Hbond substituents is 1. The molecule has 11 nitrogen and oxygen atoms in total. The fourth-order valence-corrected chi connectivity index (χ4v) is 7.08. The number of aliphatic hydroxyl groups excluding tert-OH is 2. The van der Waals surface area contributed by atoms with Crippen molar-refractivity contribution in [3.05, 3.63) is 126 Å². The van der Waals surface area contributed by atoms with Crippen LogP contribution in [-0.2, 0) is 11.2 Å². The van der Waals surface area contributed by atoms with Gasteiger partial charge in [0.25, 0.3) is 0 Å². The molecule has 4 aromatic rings. The predicted molar refractivity (Wildman–Crippen MR) is 266 cm³/mol. The Kier molecular flexibility index (Phi) is 23.3. The van der Waals surface area contributed by atoms with Crippen molar-refractivity contribution in [1.29, 1.82) is 0 Å². The van der Waals surface area contributed by atoms with Crippen molar-refractivity contribution < 1.29 is 20.1 Å². The molecule has 62 heavy (non-hydrogen) atoms. The number of benzene rings is 4. The van der Waals surface area contributed by atoms with Crippen LogP contribution in [0.15, 0.2) is 125 Å². The molecule has 0 unspecified atom stereocenters. The molecule has 0 radical (unpaired) electrons. The van der Waals surface area contributed by atoms with E-state index in [1.54, 1.807) is 24.3 Å². The van der Waals surface area contributed by atoms with Crippen LogP contribution in [-0.4, -0.2) is 90.9 Å². The number of nitrogen functional groups attached to an aromatic ring is 1. The number of allylic oxidation sites excluding steroid dienone is 3.